The zero-order chi connectivity index (χ0) is 12.3. The van der Waals surface area contributed by atoms with Gasteiger partial charge in [0.25, 0.3) is 5.56 Å². The van der Waals surface area contributed by atoms with Crippen LogP contribution in [-0.2, 0) is 11.3 Å². The molecule has 2 aromatic heterocycles. The van der Waals surface area contributed by atoms with E-state index in [2.05, 4.69) is 19.9 Å². The number of aromatic amines is 1. The molecule has 0 aromatic carbocycles. The van der Waals surface area contributed by atoms with Crippen molar-refractivity contribution in [3.8, 4) is 11.5 Å². The Morgan fingerprint density at radius 3 is 2.94 bits per heavy atom. The Hall–Kier alpha value is -1.35. The lowest BCUT2D eigenvalue weighted by atomic mass is 10.3. The molecule has 2 heterocycles. The third-order valence-electron chi connectivity index (χ3n) is 2.02. The van der Waals surface area contributed by atoms with Crippen LogP contribution in [0.5, 0.6) is 0 Å². The van der Waals surface area contributed by atoms with Gasteiger partial charge in [-0.1, -0.05) is 0 Å². The van der Waals surface area contributed by atoms with Crippen molar-refractivity contribution in [1.29, 1.82) is 0 Å². The van der Waals surface area contributed by atoms with E-state index >= 15 is 0 Å². The molecule has 2 aromatic rings. The van der Waals surface area contributed by atoms with Gasteiger partial charge in [0.2, 0.25) is 0 Å². The molecule has 7 heteroatoms. The normalized spacial score (nSPS) is 10.5. The summed E-state index contributed by atoms with van der Waals surface area (Å²) in [6, 6.07) is 0. The quantitative estimate of drug-likeness (QED) is 0.840. The number of ether oxygens (including phenoxy) is 1. The first-order valence-corrected chi connectivity index (χ1v) is 5.84. The van der Waals surface area contributed by atoms with Gasteiger partial charge in [0.05, 0.1) is 18.5 Å². The summed E-state index contributed by atoms with van der Waals surface area (Å²) in [4.78, 5) is 26.7. The van der Waals surface area contributed by atoms with Crippen LogP contribution in [-0.4, -0.2) is 27.0 Å². The highest BCUT2D eigenvalue weighted by Crippen LogP contribution is 2.12. The Bertz CT molecular complexity index is 570. The predicted octanol–water partition coefficient (Wildman–Crippen LogP) is 0.978. The third kappa shape index (κ3) is 2.67. The number of aromatic nitrogens is 4. The first kappa shape index (κ1) is 12.1. The van der Waals surface area contributed by atoms with E-state index in [9.17, 15) is 4.79 Å². The molecule has 0 spiro atoms. The summed E-state index contributed by atoms with van der Waals surface area (Å²) >= 11 is 1.94. The average Bonchev–Trinajstić information content (AvgIpc) is 2.36. The number of nitrogens with one attached hydrogen (secondary N) is 1. The molecule has 2 rings (SSSR count). The van der Waals surface area contributed by atoms with Crippen LogP contribution in [0.15, 0.2) is 23.4 Å². The van der Waals surface area contributed by atoms with Crippen molar-refractivity contribution in [2.45, 2.75) is 6.61 Å². The molecule has 0 aliphatic carbocycles. The summed E-state index contributed by atoms with van der Waals surface area (Å²) in [5, 5.41) is 0. The molecule has 0 saturated carbocycles. The molecule has 0 bridgehead atoms. The Labute approximate surface area is 111 Å². The molecule has 0 radical (unpaired) electrons. The summed E-state index contributed by atoms with van der Waals surface area (Å²) in [6.45, 7) is 0.287. The number of rotatable bonds is 3. The van der Waals surface area contributed by atoms with Crippen molar-refractivity contribution in [2.24, 2.45) is 0 Å². The molecular weight excluding hydrogens is 335 g/mol. The lowest BCUT2D eigenvalue weighted by Gasteiger charge is -2.04. The molecule has 0 aliphatic heterocycles. The van der Waals surface area contributed by atoms with Crippen LogP contribution < -0.4 is 5.56 Å². The Kier molecular flexibility index (Phi) is 3.79. The van der Waals surface area contributed by atoms with Crippen LogP contribution in [0.4, 0.5) is 0 Å². The smallest absolute Gasteiger partial charge is 0.265 e. The van der Waals surface area contributed by atoms with Gasteiger partial charge in [-0.25, -0.2) is 9.97 Å². The lowest BCUT2D eigenvalue weighted by molar-refractivity contribution is 0.180. The van der Waals surface area contributed by atoms with Gasteiger partial charge in [-0.3, -0.25) is 9.78 Å². The SMILES string of the molecule is COCc1nc(-c2cnccn2)[nH]c(=O)c1I. The number of hydrogen-bond acceptors (Lipinski definition) is 5. The van der Waals surface area contributed by atoms with Gasteiger partial charge in [-0.15, -0.1) is 0 Å². The van der Waals surface area contributed by atoms with Gasteiger partial charge in [-0.05, 0) is 22.6 Å². The van der Waals surface area contributed by atoms with E-state index in [1.54, 1.807) is 25.7 Å². The molecule has 6 nitrogen and oxygen atoms in total. The number of H-pyrrole nitrogens is 1. The largest absolute Gasteiger partial charge is 0.378 e. The molecule has 0 unspecified atom stereocenters. The minimum atomic E-state index is -0.201. The third-order valence-corrected chi connectivity index (χ3v) is 3.13. The summed E-state index contributed by atoms with van der Waals surface area (Å²) < 4.78 is 5.52. The number of halogens is 1. The van der Waals surface area contributed by atoms with Gasteiger partial charge >= 0.3 is 0 Å². The maximum absolute atomic E-state index is 11.7. The minimum Gasteiger partial charge on any atom is -0.378 e. The molecule has 0 saturated heterocycles. The maximum Gasteiger partial charge on any atom is 0.265 e. The fraction of sp³-hybridized carbons (Fsp3) is 0.200. The van der Waals surface area contributed by atoms with Crippen molar-refractivity contribution >= 4 is 22.6 Å². The van der Waals surface area contributed by atoms with E-state index in [4.69, 9.17) is 4.74 Å². The van der Waals surface area contributed by atoms with E-state index in [1.807, 2.05) is 22.6 Å². The summed E-state index contributed by atoms with van der Waals surface area (Å²) in [7, 11) is 1.56. The zero-order valence-electron chi connectivity index (χ0n) is 8.98. The summed E-state index contributed by atoms with van der Waals surface area (Å²) in [5.74, 6) is 0.399. The monoisotopic (exact) mass is 344 g/mol. The zero-order valence-corrected chi connectivity index (χ0v) is 11.1. The average molecular weight is 344 g/mol. The lowest BCUT2D eigenvalue weighted by Crippen LogP contribution is -2.17. The number of nitrogens with zero attached hydrogens (tertiary/aromatic N) is 3. The van der Waals surface area contributed by atoms with Crippen molar-refractivity contribution in [1.82, 2.24) is 19.9 Å². The second-order valence-corrected chi connectivity index (χ2v) is 4.28. The van der Waals surface area contributed by atoms with E-state index in [1.165, 1.54) is 0 Å². The molecule has 0 amide bonds. The highest BCUT2D eigenvalue weighted by molar-refractivity contribution is 14.1. The summed E-state index contributed by atoms with van der Waals surface area (Å²) in [5.41, 5.74) is 0.921. The van der Waals surface area contributed by atoms with Crippen molar-refractivity contribution < 1.29 is 4.74 Å². The van der Waals surface area contributed by atoms with E-state index in [0.29, 0.717) is 20.8 Å². The molecule has 88 valence electrons. The van der Waals surface area contributed by atoms with Gasteiger partial charge in [-0.2, -0.15) is 0 Å². The molecule has 1 N–H and O–H groups in total. The Morgan fingerprint density at radius 2 is 2.29 bits per heavy atom. The molecule has 0 atom stereocenters. The molecule has 0 aliphatic rings. The Morgan fingerprint density at radius 1 is 1.47 bits per heavy atom. The van der Waals surface area contributed by atoms with Crippen LogP contribution in [0, 0.1) is 3.57 Å². The van der Waals surface area contributed by atoms with E-state index in [-0.39, 0.29) is 12.2 Å². The van der Waals surface area contributed by atoms with Crippen LogP contribution in [0.25, 0.3) is 11.5 Å². The van der Waals surface area contributed by atoms with E-state index < -0.39 is 0 Å². The number of hydrogen-bond donors (Lipinski definition) is 1. The standard InChI is InChI=1S/C10H9IN4O2/c1-17-5-7-8(11)10(16)15-9(14-7)6-4-12-2-3-13-6/h2-4H,5H2,1H3,(H,14,15,16). The second-order valence-electron chi connectivity index (χ2n) is 3.20. The maximum atomic E-state index is 11.7. The fourth-order valence-corrected chi connectivity index (χ4v) is 1.69. The van der Waals surface area contributed by atoms with Crippen LogP contribution in [0.1, 0.15) is 5.69 Å². The van der Waals surface area contributed by atoms with E-state index in [0.717, 1.165) is 0 Å². The van der Waals surface area contributed by atoms with Crippen molar-refractivity contribution in [2.75, 3.05) is 7.11 Å². The predicted molar refractivity (Wildman–Crippen MR) is 69.3 cm³/mol. The minimum absolute atomic E-state index is 0.201. The Balaban J connectivity index is 2.53. The van der Waals surface area contributed by atoms with Crippen LogP contribution in [0.3, 0.4) is 0 Å². The van der Waals surface area contributed by atoms with Crippen LogP contribution in [0.2, 0.25) is 0 Å². The van der Waals surface area contributed by atoms with Crippen molar-refractivity contribution in [3.63, 3.8) is 0 Å². The van der Waals surface area contributed by atoms with Gasteiger partial charge in [0.1, 0.15) is 9.26 Å². The highest BCUT2D eigenvalue weighted by atomic mass is 127. The molecule has 17 heavy (non-hydrogen) atoms. The van der Waals surface area contributed by atoms with Gasteiger partial charge < -0.3 is 9.72 Å². The topological polar surface area (TPSA) is 80.8 Å². The number of methoxy groups -OCH3 is 1. The second kappa shape index (κ2) is 5.32. The fourth-order valence-electron chi connectivity index (χ4n) is 1.28. The molecule has 0 fully saturated rings. The summed E-state index contributed by atoms with van der Waals surface area (Å²) in [6.07, 6.45) is 4.65. The first-order valence-electron chi connectivity index (χ1n) is 4.76. The van der Waals surface area contributed by atoms with Crippen LogP contribution >= 0.6 is 22.6 Å². The van der Waals surface area contributed by atoms with Gasteiger partial charge in [0.15, 0.2) is 5.82 Å². The highest BCUT2D eigenvalue weighted by Gasteiger charge is 2.10. The first-order chi connectivity index (χ1) is 8.22. The molecular formula is C10H9IN4O2. The van der Waals surface area contributed by atoms with Gasteiger partial charge in [0, 0.05) is 19.5 Å². The van der Waals surface area contributed by atoms with Crippen molar-refractivity contribution in [3.05, 3.63) is 38.2 Å².